The summed E-state index contributed by atoms with van der Waals surface area (Å²) in [5, 5.41) is 0. The molecule has 8 atom stereocenters. The molecule has 1 heterocycles. The third-order valence-electron chi connectivity index (χ3n) is 10.0. The smallest absolute Gasteiger partial charge is 0.338 e. The van der Waals surface area contributed by atoms with Crippen molar-refractivity contribution in [1.29, 1.82) is 0 Å². The molecule has 1 saturated carbocycles. The Morgan fingerprint density at radius 2 is 1.02 bits per heavy atom. The minimum absolute atomic E-state index is 0.156. The van der Waals surface area contributed by atoms with Crippen molar-refractivity contribution in [3.63, 3.8) is 0 Å². The van der Waals surface area contributed by atoms with E-state index < -0.39 is 61.2 Å². The van der Waals surface area contributed by atoms with Gasteiger partial charge in [0.1, 0.15) is 12.7 Å². The van der Waals surface area contributed by atoms with Crippen LogP contribution in [0.4, 0.5) is 0 Å². The maximum absolute atomic E-state index is 13.9. The Morgan fingerprint density at radius 1 is 0.593 bits per heavy atom. The van der Waals surface area contributed by atoms with Crippen molar-refractivity contribution >= 4 is 23.9 Å². The van der Waals surface area contributed by atoms with E-state index >= 15 is 0 Å². The first kappa shape index (κ1) is 38.4. The van der Waals surface area contributed by atoms with Crippen LogP contribution in [0.25, 0.3) is 0 Å². The molecule has 10 heteroatoms. The molecule has 0 amide bonds. The molecule has 54 heavy (non-hydrogen) atoms. The van der Waals surface area contributed by atoms with Gasteiger partial charge >= 0.3 is 23.9 Å². The number of hydrogen-bond acceptors (Lipinski definition) is 10. The molecule has 0 spiro atoms. The van der Waals surface area contributed by atoms with Crippen LogP contribution < -0.4 is 0 Å². The van der Waals surface area contributed by atoms with Crippen LogP contribution in [-0.2, 0) is 28.4 Å². The summed E-state index contributed by atoms with van der Waals surface area (Å²) in [5.41, 5.74) is 0.984. The third kappa shape index (κ3) is 9.61. The Labute approximate surface area is 315 Å². The number of hydrogen-bond donors (Lipinski definition) is 0. The fourth-order valence-electron chi connectivity index (χ4n) is 7.08. The largest absolute Gasteiger partial charge is 0.459 e. The number of carbonyl (C=O) groups excluding carboxylic acids is 4. The number of esters is 4. The molecule has 282 valence electrons. The van der Waals surface area contributed by atoms with E-state index in [0.717, 1.165) is 19.3 Å². The van der Waals surface area contributed by atoms with Crippen molar-refractivity contribution in [2.75, 3.05) is 6.61 Å². The molecule has 1 aliphatic heterocycles. The van der Waals surface area contributed by atoms with Crippen LogP contribution >= 0.6 is 0 Å². The van der Waals surface area contributed by atoms with Gasteiger partial charge in [0.2, 0.25) is 0 Å². The molecule has 2 aliphatic rings. The normalized spacial score (nSPS) is 25.3. The van der Waals surface area contributed by atoms with E-state index in [1.54, 1.807) is 121 Å². The Bertz CT molecular complexity index is 1830. The molecule has 1 saturated heterocycles. The predicted octanol–water partition coefficient (Wildman–Crippen LogP) is 7.72. The van der Waals surface area contributed by atoms with Crippen molar-refractivity contribution in [2.45, 2.75) is 76.8 Å². The Morgan fingerprint density at radius 3 is 1.48 bits per heavy atom. The zero-order valence-electron chi connectivity index (χ0n) is 30.7. The minimum Gasteiger partial charge on any atom is -0.459 e. The Kier molecular flexibility index (Phi) is 12.9. The minimum atomic E-state index is -1.46. The fraction of sp³-hybridized carbons (Fsp3) is 0.364. The van der Waals surface area contributed by atoms with E-state index in [1.165, 1.54) is 0 Å². The molecule has 2 fully saturated rings. The van der Waals surface area contributed by atoms with Gasteiger partial charge in [0.15, 0.2) is 24.6 Å². The zero-order valence-corrected chi connectivity index (χ0v) is 30.7. The van der Waals surface area contributed by atoms with Crippen LogP contribution in [-0.4, -0.2) is 67.3 Å². The lowest BCUT2D eigenvalue weighted by molar-refractivity contribution is -0.315. The van der Waals surface area contributed by atoms with Crippen molar-refractivity contribution in [3.05, 3.63) is 144 Å². The second-order valence-corrected chi connectivity index (χ2v) is 14.2. The molecule has 0 aromatic heterocycles. The van der Waals surface area contributed by atoms with Gasteiger partial charge in [-0.15, -0.1) is 0 Å². The molecule has 0 N–H and O–H groups in total. The Balaban J connectivity index is 1.42. The summed E-state index contributed by atoms with van der Waals surface area (Å²) in [6.45, 7) is 6.03. The lowest BCUT2D eigenvalue weighted by atomic mass is 9.75. The number of ether oxygens (including phenoxy) is 6. The number of benzene rings is 4. The number of carbonyl (C=O) groups is 4. The third-order valence-corrected chi connectivity index (χ3v) is 10.0. The summed E-state index contributed by atoms with van der Waals surface area (Å²) in [7, 11) is 0. The van der Waals surface area contributed by atoms with Gasteiger partial charge in [-0.05, 0) is 79.1 Å². The average Bonchev–Trinajstić information content (AvgIpc) is 3.20. The topological polar surface area (TPSA) is 124 Å². The monoisotopic (exact) mass is 734 g/mol. The summed E-state index contributed by atoms with van der Waals surface area (Å²) < 4.78 is 37.8. The highest BCUT2D eigenvalue weighted by molar-refractivity contribution is 5.91. The van der Waals surface area contributed by atoms with Gasteiger partial charge in [-0.3, -0.25) is 0 Å². The van der Waals surface area contributed by atoms with E-state index in [1.807, 2.05) is 0 Å². The van der Waals surface area contributed by atoms with Crippen LogP contribution in [0.1, 0.15) is 81.5 Å². The predicted molar refractivity (Wildman–Crippen MR) is 199 cm³/mol. The first-order chi connectivity index (χ1) is 26.2. The van der Waals surface area contributed by atoms with Gasteiger partial charge in [-0.1, -0.05) is 100.0 Å². The maximum Gasteiger partial charge on any atom is 0.338 e. The van der Waals surface area contributed by atoms with Gasteiger partial charge < -0.3 is 28.4 Å². The molecular formula is C44H46O10. The van der Waals surface area contributed by atoms with Crippen LogP contribution in [0.3, 0.4) is 0 Å². The first-order valence-corrected chi connectivity index (χ1v) is 18.5. The number of rotatable bonds is 12. The lowest BCUT2D eigenvalue weighted by Gasteiger charge is -2.47. The van der Waals surface area contributed by atoms with E-state index in [-0.39, 0.29) is 34.6 Å². The highest BCUT2D eigenvalue weighted by atomic mass is 16.7. The van der Waals surface area contributed by atoms with Crippen molar-refractivity contribution < 1.29 is 47.6 Å². The molecule has 4 aromatic rings. The quantitative estimate of drug-likeness (QED) is 0.106. The van der Waals surface area contributed by atoms with Gasteiger partial charge in [0.25, 0.3) is 0 Å². The summed E-state index contributed by atoms with van der Waals surface area (Å²) in [4.78, 5) is 54.7. The molecule has 0 radical (unpaired) electrons. The SMILES string of the molecule is CC(C)[C@H]1CC[C@H](C)C[C@H]1O[C@@H]1O[C@H](COC(=O)c2ccccc2)[C@@H](OC(=O)c2ccccc2)[C@H](OC(=O)c2ccccc2)[C@H]1OC(=O)c1ccccc1. The maximum atomic E-state index is 13.9. The Hall–Kier alpha value is -5.32. The standard InChI is InChI=1S/C44H46O10/c1-28(2)34-25-24-29(3)26-35(34)50-44-39(54-43(48)33-22-14-7-15-23-33)38(53-42(47)32-20-12-6-13-21-32)37(52-41(46)31-18-10-5-11-19-31)36(51-44)27-49-40(45)30-16-8-4-9-17-30/h4-23,28-29,34-39,44H,24-27H2,1-3H3/t29-,34+,35+,36+,37+,38-,39+,44+/m0/s1. The van der Waals surface area contributed by atoms with E-state index in [9.17, 15) is 19.2 Å². The van der Waals surface area contributed by atoms with E-state index in [2.05, 4.69) is 20.8 Å². The molecular weight excluding hydrogens is 688 g/mol. The molecule has 1 aliphatic carbocycles. The molecule has 0 unspecified atom stereocenters. The summed E-state index contributed by atoms with van der Waals surface area (Å²) in [6.07, 6.45) is -4.45. The molecule has 6 rings (SSSR count). The van der Waals surface area contributed by atoms with E-state index in [4.69, 9.17) is 28.4 Å². The molecule has 0 bridgehead atoms. The molecule has 4 aromatic carbocycles. The van der Waals surface area contributed by atoms with Crippen LogP contribution in [0.15, 0.2) is 121 Å². The van der Waals surface area contributed by atoms with Crippen LogP contribution in [0.2, 0.25) is 0 Å². The van der Waals surface area contributed by atoms with Gasteiger partial charge in [-0.2, -0.15) is 0 Å². The second kappa shape index (κ2) is 18.1. The summed E-state index contributed by atoms with van der Waals surface area (Å²) in [5.74, 6) is -2.09. The fourth-order valence-corrected chi connectivity index (χ4v) is 7.08. The zero-order chi connectivity index (χ0) is 38.0. The average molecular weight is 735 g/mol. The lowest BCUT2D eigenvalue weighted by Crippen LogP contribution is -2.64. The van der Waals surface area contributed by atoms with Crippen molar-refractivity contribution in [1.82, 2.24) is 0 Å². The highest BCUT2D eigenvalue weighted by Gasteiger charge is 2.54. The van der Waals surface area contributed by atoms with Crippen LogP contribution in [0.5, 0.6) is 0 Å². The summed E-state index contributed by atoms with van der Waals surface area (Å²) >= 11 is 0. The van der Waals surface area contributed by atoms with Gasteiger partial charge in [-0.25, -0.2) is 19.2 Å². The van der Waals surface area contributed by atoms with Gasteiger partial charge in [0.05, 0.1) is 28.4 Å². The second-order valence-electron chi connectivity index (χ2n) is 14.2. The first-order valence-electron chi connectivity index (χ1n) is 18.5. The molecule has 10 nitrogen and oxygen atoms in total. The van der Waals surface area contributed by atoms with Crippen molar-refractivity contribution in [2.24, 2.45) is 17.8 Å². The van der Waals surface area contributed by atoms with Crippen molar-refractivity contribution in [3.8, 4) is 0 Å². The van der Waals surface area contributed by atoms with E-state index in [0.29, 0.717) is 11.5 Å². The van der Waals surface area contributed by atoms with Gasteiger partial charge in [0, 0.05) is 0 Å². The highest BCUT2D eigenvalue weighted by Crippen LogP contribution is 2.39. The van der Waals surface area contributed by atoms with Crippen LogP contribution in [0, 0.1) is 17.8 Å². The summed E-state index contributed by atoms with van der Waals surface area (Å²) in [6, 6.07) is 33.4.